The molecular formula is C5H13Cl2N2Pd-. The van der Waals surface area contributed by atoms with Crippen LogP contribution < -0.4 is 11.5 Å². The Labute approximate surface area is 78.7 Å². The molecular weight excluding hydrogens is 265 g/mol. The second-order valence-electron chi connectivity index (χ2n) is 2.02. The first-order chi connectivity index (χ1) is 4.54. The van der Waals surface area contributed by atoms with Gasteiger partial charge in [0.2, 0.25) is 0 Å². The van der Waals surface area contributed by atoms with Crippen LogP contribution >= 0.6 is 19.1 Å². The van der Waals surface area contributed by atoms with Gasteiger partial charge in [-0.1, -0.05) is 13.3 Å². The summed E-state index contributed by atoms with van der Waals surface area (Å²) < 4.78 is 0. The van der Waals surface area contributed by atoms with Crippen LogP contribution in [0.15, 0.2) is 0 Å². The summed E-state index contributed by atoms with van der Waals surface area (Å²) in [4.78, 5) is 0. The molecule has 0 amide bonds. The molecule has 0 aliphatic carbocycles. The van der Waals surface area contributed by atoms with Gasteiger partial charge in [0.25, 0.3) is 0 Å². The predicted octanol–water partition coefficient (Wildman–Crippen LogP) is 1.26. The minimum absolute atomic E-state index is 0.000000000000000444. The van der Waals surface area contributed by atoms with Gasteiger partial charge in [0.1, 0.15) is 0 Å². The van der Waals surface area contributed by atoms with Gasteiger partial charge in [0.05, 0.1) is 0 Å². The van der Waals surface area contributed by atoms with Crippen molar-refractivity contribution < 1.29 is 15.9 Å². The van der Waals surface area contributed by atoms with Crippen molar-refractivity contribution in [2.45, 2.75) is 25.4 Å². The Morgan fingerprint density at radius 1 is 1.50 bits per heavy atom. The van der Waals surface area contributed by atoms with E-state index in [0.717, 1.165) is 6.42 Å². The molecule has 5 heteroatoms. The zero-order valence-electron chi connectivity index (χ0n) is 5.80. The second kappa shape index (κ2) is 10.2. The fraction of sp³-hybridized carbons (Fsp3) is 0.800. The summed E-state index contributed by atoms with van der Waals surface area (Å²) in [5.41, 5.74) is 10.7. The normalized spacial score (nSPS) is 15.4. The van der Waals surface area contributed by atoms with Crippen LogP contribution in [-0.2, 0) is 15.9 Å². The maximum absolute atomic E-state index is 5.37. The zero-order valence-corrected chi connectivity index (χ0v) is 8.86. The molecule has 0 bridgehead atoms. The van der Waals surface area contributed by atoms with Gasteiger partial charge in [-0.2, -0.15) is 0 Å². The van der Waals surface area contributed by atoms with Crippen LogP contribution in [0.2, 0.25) is 0 Å². The zero-order chi connectivity index (χ0) is 8.57. The van der Waals surface area contributed by atoms with Gasteiger partial charge in [0.15, 0.2) is 0 Å². The van der Waals surface area contributed by atoms with Crippen molar-refractivity contribution >= 4 is 19.1 Å². The SMILES string of the molecule is [CH2-]C(N)CC(C)N.[Cl][Pd][Cl]. The first-order valence-electron chi connectivity index (χ1n) is 2.71. The Morgan fingerprint density at radius 2 is 1.80 bits per heavy atom. The van der Waals surface area contributed by atoms with Crippen molar-refractivity contribution in [1.82, 2.24) is 0 Å². The van der Waals surface area contributed by atoms with Crippen molar-refractivity contribution in [2.75, 3.05) is 0 Å². The van der Waals surface area contributed by atoms with Crippen molar-refractivity contribution in [3.05, 3.63) is 6.92 Å². The first-order valence-corrected chi connectivity index (χ1v) is 6.71. The number of hydrogen-bond acceptors (Lipinski definition) is 2. The first kappa shape index (κ1) is 13.7. The van der Waals surface area contributed by atoms with Gasteiger partial charge in [-0.15, -0.1) is 6.04 Å². The van der Waals surface area contributed by atoms with E-state index in [1.54, 1.807) is 0 Å². The Kier molecular flexibility index (Phi) is 14.0. The molecule has 2 atom stereocenters. The predicted molar refractivity (Wildman–Crippen MR) is 43.3 cm³/mol. The third kappa shape index (κ3) is 22.9. The molecule has 0 aromatic carbocycles. The Hall–Kier alpha value is 1.16. The van der Waals surface area contributed by atoms with Crippen LogP contribution in [0.3, 0.4) is 0 Å². The van der Waals surface area contributed by atoms with Crippen molar-refractivity contribution in [3.8, 4) is 0 Å². The summed E-state index contributed by atoms with van der Waals surface area (Å²) in [7, 11) is 9.63. The molecule has 0 heterocycles. The van der Waals surface area contributed by atoms with Crippen LogP contribution in [0.4, 0.5) is 0 Å². The van der Waals surface area contributed by atoms with Crippen LogP contribution in [0.5, 0.6) is 0 Å². The third-order valence-electron chi connectivity index (χ3n) is 0.675. The summed E-state index contributed by atoms with van der Waals surface area (Å²) in [6.45, 7) is 5.50. The van der Waals surface area contributed by atoms with E-state index in [9.17, 15) is 0 Å². The van der Waals surface area contributed by atoms with E-state index < -0.39 is 0 Å². The van der Waals surface area contributed by atoms with E-state index in [4.69, 9.17) is 30.5 Å². The average molecular weight is 278 g/mol. The fourth-order valence-electron chi connectivity index (χ4n) is 0.478. The van der Waals surface area contributed by atoms with E-state index in [2.05, 4.69) is 6.92 Å². The van der Waals surface area contributed by atoms with Crippen LogP contribution in [0.1, 0.15) is 13.3 Å². The molecule has 0 saturated carbocycles. The maximum atomic E-state index is 5.37. The molecule has 4 N–H and O–H groups in total. The van der Waals surface area contributed by atoms with Gasteiger partial charge in [-0.05, 0) is 6.04 Å². The molecule has 0 saturated heterocycles. The number of rotatable bonds is 2. The third-order valence-corrected chi connectivity index (χ3v) is 0.675. The molecule has 2 unspecified atom stereocenters. The Balaban J connectivity index is 0. The second-order valence-corrected chi connectivity index (χ2v) is 4.38. The molecule has 0 aliphatic heterocycles. The van der Waals surface area contributed by atoms with Gasteiger partial charge in [-0.3, -0.25) is 0 Å². The van der Waals surface area contributed by atoms with E-state index >= 15 is 0 Å². The summed E-state index contributed by atoms with van der Waals surface area (Å²) in [6.07, 6.45) is 0.806. The van der Waals surface area contributed by atoms with Crippen LogP contribution in [0, 0.1) is 6.92 Å². The molecule has 0 aromatic rings. The topological polar surface area (TPSA) is 52.0 Å². The quantitative estimate of drug-likeness (QED) is 0.590. The number of hydrogen-bond donors (Lipinski definition) is 2. The van der Waals surface area contributed by atoms with Crippen molar-refractivity contribution in [1.29, 1.82) is 0 Å². The van der Waals surface area contributed by atoms with E-state index in [1.165, 1.54) is 0 Å². The summed E-state index contributed by atoms with van der Waals surface area (Å²) >= 11 is -0.106. The number of halogens is 2. The van der Waals surface area contributed by atoms with Gasteiger partial charge in [-0.25, -0.2) is 0 Å². The summed E-state index contributed by atoms with van der Waals surface area (Å²) in [5, 5.41) is 0. The monoisotopic (exact) mass is 277 g/mol. The summed E-state index contributed by atoms with van der Waals surface area (Å²) in [6, 6.07) is 0.187. The molecule has 0 aliphatic rings. The molecule has 0 fully saturated rings. The fourth-order valence-corrected chi connectivity index (χ4v) is 0.478. The standard InChI is InChI=1S/C5H13N2.2ClH.Pd/c1-4(6)3-5(2)7;;;/h4-5H,1,3,6-7H2,2H3;2*1H;/q-1;;;+2/p-2. The molecule has 0 radical (unpaired) electrons. The van der Waals surface area contributed by atoms with Gasteiger partial charge < -0.3 is 18.4 Å². The Morgan fingerprint density at radius 3 is 1.80 bits per heavy atom. The van der Waals surface area contributed by atoms with Gasteiger partial charge >= 0.3 is 35.0 Å². The molecule has 0 aromatic heterocycles. The van der Waals surface area contributed by atoms with E-state index in [1.807, 2.05) is 6.92 Å². The number of nitrogens with two attached hydrogens (primary N) is 2. The molecule has 0 spiro atoms. The van der Waals surface area contributed by atoms with Crippen LogP contribution in [-0.4, -0.2) is 12.1 Å². The molecule has 10 heavy (non-hydrogen) atoms. The van der Waals surface area contributed by atoms with Crippen molar-refractivity contribution in [3.63, 3.8) is 0 Å². The molecule has 68 valence electrons. The van der Waals surface area contributed by atoms with E-state index in [-0.39, 0.29) is 28.0 Å². The Bertz CT molecular complexity index is 55.6. The minimum atomic E-state index is -0.106. The van der Waals surface area contributed by atoms with Crippen LogP contribution in [0.25, 0.3) is 0 Å². The van der Waals surface area contributed by atoms with Crippen molar-refractivity contribution in [2.24, 2.45) is 11.5 Å². The van der Waals surface area contributed by atoms with E-state index in [0.29, 0.717) is 0 Å². The van der Waals surface area contributed by atoms with Gasteiger partial charge in [0, 0.05) is 0 Å². The summed E-state index contributed by atoms with van der Waals surface area (Å²) in [5.74, 6) is 0. The average Bonchev–Trinajstić information content (AvgIpc) is 1.62. The molecule has 0 rings (SSSR count). The molecule has 2 nitrogen and oxygen atoms in total.